The Morgan fingerprint density at radius 2 is 1.71 bits per heavy atom. The maximum atomic E-state index is 12.5. The predicted molar refractivity (Wildman–Crippen MR) is 90.2 cm³/mol. The molecule has 7 nitrogen and oxygen atoms in total. The first kappa shape index (κ1) is 15.3. The van der Waals surface area contributed by atoms with Crippen LogP contribution >= 0.6 is 0 Å². The van der Waals surface area contributed by atoms with Crippen LogP contribution < -0.4 is 5.69 Å². The molecule has 0 saturated carbocycles. The molecule has 0 spiro atoms. The number of carbonyl (C=O) groups excluding carboxylic acids is 1. The van der Waals surface area contributed by atoms with Crippen LogP contribution in [-0.4, -0.2) is 64.8 Å². The largest absolute Gasteiger partial charge is 0.378 e. The summed E-state index contributed by atoms with van der Waals surface area (Å²) in [4.78, 5) is 31.5. The number of morpholine rings is 1. The molecule has 1 aromatic heterocycles. The summed E-state index contributed by atoms with van der Waals surface area (Å²) in [5, 5.41) is 0. The Morgan fingerprint density at radius 1 is 1.04 bits per heavy atom. The Kier molecular flexibility index (Phi) is 4.02. The topological polar surface area (TPSA) is 70.6 Å². The number of imidazole rings is 1. The van der Waals surface area contributed by atoms with Crippen molar-refractivity contribution in [2.24, 2.45) is 0 Å². The normalized spacial score (nSPS) is 19.8. The molecule has 2 amide bonds. The van der Waals surface area contributed by atoms with E-state index in [0.717, 1.165) is 23.9 Å². The molecule has 24 heavy (non-hydrogen) atoms. The molecule has 0 unspecified atom stereocenters. The lowest BCUT2D eigenvalue weighted by Gasteiger charge is -2.37. The number of likely N-dealkylation sites (tertiary alicyclic amines) is 1. The number of aromatic nitrogens is 2. The average Bonchev–Trinajstić information content (AvgIpc) is 2.98. The molecule has 2 aliphatic rings. The average molecular weight is 330 g/mol. The van der Waals surface area contributed by atoms with Gasteiger partial charge in [-0.2, -0.15) is 0 Å². The Balaban J connectivity index is 1.46. The van der Waals surface area contributed by atoms with E-state index in [1.165, 1.54) is 0 Å². The second-order valence-corrected chi connectivity index (χ2v) is 6.42. The first-order valence-corrected chi connectivity index (χ1v) is 8.55. The van der Waals surface area contributed by atoms with Crippen molar-refractivity contribution in [2.45, 2.75) is 18.9 Å². The van der Waals surface area contributed by atoms with Crippen molar-refractivity contribution in [2.75, 3.05) is 39.4 Å². The summed E-state index contributed by atoms with van der Waals surface area (Å²) in [5.41, 5.74) is 1.75. The number of urea groups is 1. The fourth-order valence-electron chi connectivity index (χ4n) is 3.71. The quantitative estimate of drug-likeness (QED) is 0.860. The van der Waals surface area contributed by atoms with Crippen LogP contribution in [0.1, 0.15) is 18.9 Å². The smallest absolute Gasteiger partial charge is 0.326 e. The lowest BCUT2D eigenvalue weighted by molar-refractivity contribution is 0.0403. The zero-order valence-corrected chi connectivity index (χ0v) is 13.6. The summed E-state index contributed by atoms with van der Waals surface area (Å²) in [6.07, 6.45) is 1.61. The van der Waals surface area contributed by atoms with E-state index in [1.54, 1.807) is 0 Å². The van der Waals surface area contributed by atoms with Gasteiger partial charge >= 0.3 is 11.7 Å². The van der Waals surface area contributed by atoms with Gasteiger partial charge in [0.15, 0.2) is 0 Å². The molecule has 2 aliphatic heterocycles. The molecule has 128 valence electrons. The molecular formula is C17H22N4O3. The fourth-order valence-corrected chi connectivity index (χ4v) is 3.71. The second kappa shape index (κ2) is 6.32. The highest BCUT2D eigenvalue weighted by molar-refractivity contribution is 5.75. The number of ether oxygens (including phenoxy) is 1. The number of rotatable bonds is 1. The Morgan fingerprint density at radius 3 is 2.46 bits per heavy atom. The second-order valence-electron chi connectivity index (χ2n) is 6.42. The maximum Gasteiger partial charge on any atom is 0.326 e. The minimum absolute atomic E-state index is 0.0610. The number of fused-ring (bicyclic) bond motifs is 1. The number of para-hydroxylation sites is 2. The number of hydrogen-bond donors (Lipinski definition) is 1. The molecule has 0 atom stereocenters. The third-order valence-electron chi connectivity index (χ3n) is 5.01. The molecule has 0 radical (unpaired) electrons. The van der Waals surface area contributed by atoms with Crippen molar-refractivity contribution in [3.05, 3.63) is 34.7 Å². The van der Waals surface area contributed by atoms with Crippen LogP contribution in [0.15, 0.2) is 29.1 Å². The minimum Gasteiger partial charge on any atom is -0.378 e. The van der Waals surface area contributed by atoms with Gasteiger partial charge in [-0.15, -0.1) is 0 Å². The monoisotopic (exact) mass is 330 g/mol. The van der Waals surface area contributed by atoms with Gasteiger partial charge in [-0.1, -0.05) is 12.1 Å². The van der Waals surface area contributed by atoms with Crippen molar-refractivity contribution < 1.29 is 9.53 Å². The summed E-state index contributed by atoms with van der Waals surface area (Å²) in [6.45, 7) is 3.95. The van der Waals surface area contributed by atoms with E-state index in [4.69, 9.17) is 4.74 Å². The van der Waals surface area contributed by atoms with Crippen molar-refractivity contribution in [1.82, 2.24) is 19.4 Å². The molecule has 4 rings (SSSR count). The summed E-state index contributed by atoms with van der Waals surface area (Å²) in [6, 6.07) is 8.00. The molecule has 1 aromatic carbocycles. The standard InChI is InChI=1S/C17H22N4O3/c22-16-18-14-3-1-2-4-15(14)21(16)13-5-7-19(8-6-13)17(23)20-9-11-24-12-10-20/h1-4,13H,5-12H2,(H,18,22). The molecule has 0 aliphatic carbocycles. The molecule has 2 saturated heterocycles. The van der Waals surface area contributed by atoms with Crippen LogP contribution in [0.4, 0.5) is 4.79 Å². The van der Waals surface area contributed by atoms with Gasteiger partial charge in [0.2, 0.25) is 0 Å². The first-order valence-electron chi connectivity index (χ1n) is 8.55. The van der Waals surface area contributed by atoms with Gasteiger partial charge in [0, 0.05) is 32.2 Å². The highest BCUT2D eigenvalue weighted by atomic mass is 16.5. The first-order chi connectivity index (χ1) is 11.7. The van der Waals surface area contributed by atoms with Crippen LogP contribution in [0.25, 0.3) is 11.0 Å². The zero-order chi connectivity index (χ0) is 16.5. The number of nitrogens with zero attached hydrogens (tertiary/aromatic N) is 3. The molecule has 2 aromatic rings. The van der Waals surface area contributed by atoms with Gasteiger partial charge in [0.05, 0.1) is 24.2 Å². The molecular weight excluding hydrogens is 308 g/mol. The summed E-state index contributed by atoms with van der Waals surface area (Å²) in [5.74, 6) is 0. The fraction of sp³-hybridized carbons (Fsp3) is 0.529. The molecule has 2 fully saturated rings. The Labute approximate surface area is 139 Å². The third-order valence-corrected chi connectivity index (χ3v) is 5.01. The van der Waals surface area contributed by atoms with E-state index < -0.39 is 0 Å². The van der Waals surface area contributed by atoms with Gasteiger partial charge in [0.25, 0.3) is 0 Å². The molecule has 7 heteroatoms. The molecule has 3 heterocycles. The maximum absolute atomic E-state index is 12.5. The lowest BCUT2D eigenvalue weighted by Crippen LogP contribution is -2.50. The highest BCUT2D eigenvalue weighted by Crippen LogP contribution is 2.25. The summed E-state index contributed by atoms with van der Waals surface area (Å²) >= 11 is 0. The van der Waals surface area contributed by atoms with Gasteiger partial charge in [0.1, 0.15) is 0 Å². The number of piperidine rings is 1. The number of nitrogens with one attached hydrogen (secondary N) is 1. The SMILES string of the molecule is O=C(N1CCOCC1)N1CCC(n2c(=O)[nH]c3ccccc32)CC1. The number of hydrogen-bond acceptors (Lipinski definition) is 3. The van der Waals surface area contributed by atoms with E-state index in [2.05, 4.69) is 4.98 Å². The zero-order valence-electron chi connectivity index (χ0n) is 13.6. The van der Waals surface area contributed by atoms with Gasteiger partial charge < -0.3 is 19.5 Å². The van der Waals surface area contributed by atoms with Crippen LogP contribution in [0.2, 0.25) is 0 Å². The van der Waals surface area contributed by atoms with Crippen LogP contribution in [-0.2, 0) is 4.74 Å². The van der Waals surface area contributed by atoms with Crippen molar-refractivity contribution in [3.8, 4) is 0 Å². The minimum atomic E-state index is -0.0610. The summed E-state index contributed by atoms with van der Waals surface area (Å²) < 4.78 is 7.16. The van der Waals surface area contributed by atoms with Gasteiger partial charge in [-0.25, -0.2) is 9.59 Å². The van der Waals surface area contributed by atoms with Crippen molar-refractivity contribution >= 4 is 17.1 Å². The number of carbonyl (C=O) groups is 1. The number of amides is 2. The van der Waals surface area contributed by atoms with E-state index in [9.17, 15) is 9.59 Å². The molecule has 1 N–H and O–H groups in total. The number of H-pyrrole nitrogens is 1. The number of benzene rings is 1. The van der Waals surface area contributed by atoms with E-state index in [1.807, 2.05) is 38.6 Å². The summed E-state index contributed by atoms with van der Waals surface area (Å²) in [7, 11) is 0. The van der Waals surface area contributed by atoms with Gasteiger partial charge in [-0.3, -0.25) is 4.57 Å². The van der Waals surface area contributed by atoms with E-state index in [-0.39, 0.29) is 17.8 Å². The van der Waals surface area contributed by atoms with E-state index >= 15 is 0 Å². The van der Waals surface area contributed by atoms with Gasteiger partial charge in [-0.05, 0) is 25.0 Å². The Bertz CT molecular complexity index is 782. The van der Waals surface area contributed by atoms with Crippen LogP contribution in [0.5, 0.6) is 0 Å². The predicted octanol–water partition coefficient (Wildman–Crippen LogP) is 1.42. The van der Waals surface area contributed by atoms with Crippen molar-refractivity contribution in [3.63, 3.8) is 0 Å². The third kappa shape index (κ3) is 2.69. The Hall–Kier alpha value is -2.28. The van der Waals surface area contributed by atoms with Crippen LogP contribution in [0, 0.1) is 0 Å². The molecule has 0 bridgehead atoms. The van der Waals surface area contributed by atoms with E-state index in [0.29, 0.717) is 39.4 Å². The van der Waals surface area contributed by atoms with Crippen LogP contribution in [0.3, 0.4) is 0 Å². The lowest BCUT2D eigenvalue weighted by atomic mass is 10.0. The van der Waals surface area contributed by atoms with Crippen molar-refractivity contribution in [1.29, 1.82) is 0 Å². The number of aromatic amines is 1. The highest BCUT2D eigenvalue weighted by Gasteiger charge is 2.29.